The van der Waals surface area contributed by atoms with Crippen LogP contribution in [-0.4, -0.2) is 30.1 Å². The topological polar surface area (TPSA) is 81.6 Å². The lowest BCUT2D eigenvalue weighted by atomic mass is 9.86. The molecule has 0 saturated heterocycles. The fourth-order valence-electron chi connectivity index (χ4n) is 3.20. The number of ketones is 1. The van der Waals surface area contributed by atoms with Gasteiger partial charge < -0.3 is 20.8 Å². The molecule has 0 aromatic heterocycles. The lowest BCUT2D eigenvalue weighted by Crippen LogP contribution is -2.12. The molecule has 5 heteroatoms. The number of hydrogen-bond donors (Lipinski definition) is 4. The summed E-state index contributed by atoms with van der Waals surface area (Å²) in [5.74, 6) is 0.243. The Morgan fingerprint density at radius 2 is 1.26 bits per heavy atom. The third-order valence-electron chi connectivity index (χ3n) is 4.77. The number of aromatic hydroxyl groups is 2. The second-order valence-corrected chi connectivity index (χ2v) is 6.57. The molecular weight excluding hydrogens is 340 g/mol. The summed E-state index contributed by atoms with van der Waals surface area (Å²) in [6.45, 7) is 0. The fraction of sp³-hybridized carbons (Fsp3) is 0.227. The van der Waals surface area contributed by atoms with Gasteiger partial charge in [0, 0.05) is 59.9 Å². The van der Waals surface area contributed by atoms with Crippen molar-refractivity contribution >= 4 is 29.3 Å². The van der Waals surface area contributed by atoms with Gasteiger partial charge in [-0.25, -0.2) is 0 Å². The van der Waals surface area contributed by atoms with Gasteiger partial charge in [-0.05, 0) is 55.7 Å². The van der Waals surface area contributed by atoms with E-state index in [0.717, 1.165) is 17.8 Å². The third kappa shape index (κ3) is 4.14. The molecule has 0 amide bonds. The van der Waals surface area contributed by atoms with E-state index in [2.05, 4.69) is 10.6 Å². The molecule has 0 radical (unpaired) electrons. The van der Waals surface area contributed by atoms with Gasteiger partial charge in [-0.2, -0.15) is 0 Å². The van der Waals surface area contributed by atoms with Crippen LogP contribution in [0.5, 0.6) is 11.5 Å². The average Bonchev–Trinajstić information content (AvgIpc) is 2.67. The molecule has 1 fully saturated rings. The number of allylic oxidation sites excluding steroid dienone is 2. The van der Waals surface area contributed by atoms with Gasteiger partial charge in [0.25, 0.3) is 0 Å². The van der Waals surface area contributed by atoms with Gasteiger partial charge in [0.1, 0.15) is 11.5 Å². The van der Waals surface area contributed by atoms with E-state index < -0.39 is 0 Å². The van der Waals surface area contributed by atoms with Crippen LogP contribution in [-0.2, 0) is 4.79 Å². The zero-order chi connectivity index (χ0) is 19.4. The first-order chi connectivity index (χ1) is 13.0. The highest BCUT2D eigenvalue weighted by molar-refractivity contribution is 6.14. The number of carbonyl (C=O) groups is 1. The second-order valence-electron chi connectivity index (χ2n) is 6.57. The van der Waals surface area contributed by atoms with Crippen LogP contribution in [0.15, 0.2) is 47.5 Å². The molecule has 1 aliphatic carbocycles. The maximum atomic E-state index is 12.9. The van der Waals surface area contributed by atoms with Crippen LogP contribution >= 0.6 is 0 Å². The molecule has 1 aliphatic rings. The van der Waals surface area contributed by atoms with Gasteiger partial charge in [0.05, 0.1) is 0 Å². The van der Waals surface area contributed by atoms with Crippen LogP contribution in [0.2, 0.25) is 0 Å². The zero-order valence-corrected chi connectivity index (χ0v) is 15.5. The summed E-state index contributed by atoms with van der Waals surface area (Å²) in [5, 5.41) is 26.3. The Labute approximate surface area is 159 Å². The van der Waals surface area contributed by atoms with Crippen LogP contribution in [0.25, 0.3) is 12.2 Å². The summed E-state index contributed by atoms with van der Waals surface area (Å²) in [5.41, 5.74) is 4.22. The molecule has 0 bridgehead atoms. The Morgan fingerprint density at radius 1 is 0.815 bits per heavy atom. The van der Waals surface area contributed by atoms with Gasteiger partial charge in [0.15, 0.2) is 5.78 Å². The molecular formula is C22H24N2O3. The molecule has 3 rings (SSSR count). The van der Waals surface area contributed by atoms with Crippen molar-refractivity contribution in [3.63, 3.8) is 0 Å². The van der Waals surface area contributed by atoms with Crippen LogP contribution in [0.1, 0.15) is 30.4 Å². The van der Waals surface area contributed by atoms with Crippen LogP contribution < -0.4 is 10.6 Å². The second kappa shape index (κ2) is 7.99. The van der Waals surface area contributed by atoms with E-state index in [1.807, 2.05) is 12.1 Å². The molecule has 27 heavy (non-hydrogen) atoms. The van der Waals surface area contributed by atoms with E-state index in [1.165, 1.54) is 0 Å². The van der Waals surface area contributed by atoms with E-state index in [4.69, 9.17) is 0 Å². The van der Waals surface area contributed by atoms with E-state index >= 15 is 0 Å². The highest BCUT2D eigenvalue weighted by Gasteiger charge is 2.21. The van der Waals surface area contributed by atoms with Crippen molar-refractivity contribution in [1.29, 1.82) is 0 Å². The number of anilines is 2. The summed E-state index contributed by atoms with van der Waals surface area (Å²) in [6, 6.07) is 10.6. The van der Waals surface area contributed by atoms with E-state index in [9.17, 15) is 15.0 Å². The lowest BCUT2D eigenvalue weighted by Gasteiger charge is -2.17. The molecule has 2 aromatic rings. The number of phenolic OH excluding ortho intramolecular Hbond substituents is 2. The van der Waals surface area contributed by atoms with Crippen molar-refractivity contribution < 1.29 is 15.0 Å². The summed E-state index contributed by atoms with van der Waals surface area (Å²) in [4.78, 5) is 12.9. The maximum Gasteiger partial charge on any atom is 0.185 e. The first-order valence-electron chi connectivity index (χ1n) is 8.99. The van der Waals surface area contributed by atoms with Crippen LogP contribution in [0, 0.1) is 0 Å². The first-order valence-corrected chi connectivity index (χ1v) is 8.99. The van der Waals surface area contributed by atoms with Crippen molar-refractivity contribution in [2.45, 2.75) is 19.3 Å². The minimum atomic E-state index is -0.0320. The van der Waals surface area contributed by atoms with Gasteiger partial charge in [0.2, 0.25) is 0 Å². The molecule has 4 N–H and O–H groups in total. The lowest BCUT2D eigenvalue weighted by molar-refractivity contribution is -0.112. The number of nitrogens with one attached hydrogen (secondary N) is 2. The number of rotatable bonds is 4. The summed E-state index contributed by atoms with van der Waals surface area (Å²) in [7, 11) is 3.57. The van der Waals surface area contributed by atoms with Crippen LogP contribution in [0.3, 0.4) is 0 Å². The average molecular weight is 364 g/mol. The molecule has 0 heterocycles. The molecule has 140 valence electrons. The van der Waals surface area contributed by atoms with E-state index in [1.54, 1.807) is 50.5 Å². The Morgan fingerprint density at radius 3 is 1.63 bits per heavy atom. The first kappa shape index (κ1) is 18.6. The Hall–Kier alpha value is -3.21. The monoisotopic (exact) mass is 364 g/mol. The minimum absolute atomic E-state index is 0.0320. The number of hydrogen-bond acceptors (Lipinski definition) is 5. The number of benzene rings is 2. The highest BCUT2D eigenvalue weighted by Crippen LogP contribution is 2.32. The molecule has 0 atom stereocenters. The van der Waals surface area contributed by atoms with Crippen molar-refractivity contribution in [3.8, 4) is 11.5 Å². The summed E-state index contributed by atoms with van der Waals surface area (Å²) >= 11 is 0. The molecule has 0 aliphatic heterocycles. The summed E-state index contributed by atoms with van der Waals surface area (Å²) < 4.78 is 0. The quantitative estimate of drug-likeness (QED) is 0.605. The molecule has 5 nitrogen and oxygen atoms in total. The minimum Gasteiger partial charge on any atom is -0.507 e. The molecule has 0 spiro atoms. The predicted octanol–water partition coefficient (Wildman–Crippen LogP) is 4.40. The smallest absolute Gasteiger partial charge is 0.185 e. The molecule has 2 aromatic carbocycles. The zero-order valence-electron chi connectivity index (χ0n) is 15.5. The summed E-state index contributed by atoms with van der Waals surface area (Å²) in [6.07, 6.45) is 5.72. The Kier molecular flexibility index (Phi) is 5.50. The van der Waals surface area contributed by atoms with Crippen molar-refractivity contribution in [2.75, 3.05) is 24.7 Å². The largest absolute Gasteiger partial charge is 0.507 e. The van der Waals surface area contributed by atoms with Gasteiger partial charge in [-0.3, -0.25) is 4.79 Å². The van der Waals surface area contributed by atoms with Crippen LogP contribution in [0.4, 0.5) is 11.4 Å². The van der Waals surface area contributed by atoms with E-state index in [0.29, 0.717) is 35.1 Å². The molecule has 0 unspecified atom stereocenters. The standard InChI is InChI=1S/C22H24N2O3/c1-23-18-8-6-14(20(25)12-18)10-16-4-3-5-17(22(16)27)11-15-7-9-19(24-2)13-21(15)26/h6-13,23-26H,3-5H2,1-2H3. The van der Waals surface area contributed by atoms with E-state index in [-0.39, 0.29) is 17.3 Å². The maximum absolute atomic E-state index is 12.9. The van der Waals surface area contributed by atoms with Gasteiger partial charge >= 0.3 is 0 Å². The van der Waals surface area contributed by atoms with Crippen molar-refractivity contribution in [1.82, 2.24) is 0 Å². The Bertz CT molecular complexity index is 856. The Balaban J connectivity index is 1.90. The third-order valence-corrected chi connectivity index (χ3v) is 4.77. The molecule has 1 saturated carbocycles. The predicted molar refractivity (Wildman–Crippen MR) is 110 cm³/mol. The van der Waals surface area contributed by atoms with Crippen molar-refractivity contribution in [2.24, 2.45) is 0 Å². The number of Topliss-reactive ketones (excluding diaryl/α,β-unsaturated/α-hetero) is 1. The number of phenols is 2. The van der Waals surface area contributed by atoms with Gasteiger partial charge in [-0.1, -0.05) is 0 Å². The fourth-order valence-corrected chi connectivity index (χ4v) is 3.20. The SMILES string of the molecule is CNc1ccc(C=C2CCCC(=Cc3ccc(NC)cc3O)C2=O)c(O)c1. The highest BCUT2D eigenvalue weighted by atomic mass is 16.3. The normalized spacial score (nSPS) is 17.3. The van der Waals surface area contributed by atoms with Gasteiger partial charge in [-0.15, -0.1) is 0 Å². The van der Waals surface area contributed by atoms with Crippen molar-refractivity contribution in [3.05, 3.63) is 58.7 Å². The number of carbonyl (C=O) groups excluding carboxylic acids is 1.